The van der Waals surface area contributed by atoms with Crippen LogP contribution in [0.5, 0.6) is 0 Å². The van der Waals surface area contributed by atoms with Crippen LogP contribution in [-0.4, -0.2) is 35.8 Å². The van der Waals surface area contributed by atoms with Gasteiger partial charge in [-0.2, -0.15) is 13.2 Å². The number of carbonyl (C=O) groups is 2. The number of piperidine rings is 1. The summed E-state index contributed by atoms with van der Waals surface area (Å²) in [6.07, 6.45) is -1.97. The van der Waals surface area contributed by atoms with Crippen LogP contribution in [0.25, 0.3) is 0 Å². The Morgan fingerprint density at radius 1 is 1.00 bits per heavy atom. The minimum atomic E-state index is -4.42. The van der Waals surface area contributed by atoms with E-state index in [0.29, 0.717) is 32.4 Å². The molecule has 1 heterocycles. The van der Waals surface area contributed by atoms with E-state index in [4.69, 9.17) is 0 Å². The van der Waals surface area contributed by atoms with E-state index in [1.54, 1.807) is 4.90 Å². The average Bonchev–Trinajstić information content (AvgIpc) is 2.74. The van der Waals surface area contributed by atoms with Gasteiger partial charge in [0, 0.05) is 36.8 Å². The quantitative estimate of drug-likeness (QED) is 0.674. The van der Waals surface area contributed by atoms with Crippen molar-refractivity contribution in [3.63, 3.8) is 0 Å². The first-order valence-corrected chi connectivity index (χ1v) is 10.1. The second-order valence-electron chi connectivity index (χ2n) is 7.45. The molecule has 0 aliphatic carbocycles. The molecule has 1 fully saturated rings. The minimum absolute atomic E-state index is 0.0110. The predicted octanol–water partition coefficient (Wildman–Crippen LogP) is 5.14. The van der Waals surface area contributed by atoms with Crippen LogP contribution in [0.3, 0.4) is 0 Å². The molecule has 0 bridgehead atoms. The molecule has 2 aromatic rings. The SMILES string of the molecule is CCCC(=O)N(c1ccccc1)C1CCN(C(=O)c2ccc(C(F)(F)F)cc2)CC1. The van der Waals surface area contributed by atoms with Gasteiger partial charge in [-0.25, -0.2) is 0 Å². The lowest BCUT2D eigenvalue weighted by atomic mass is 10.00. The van der Waals surface area contributed by atoms with Crippen LogP contribution in [0.15, 0.2) is 54.6 Å². The second-order valence-corrected chi connectivity index (χ2v) is 7.45. The van der Waals surface area contributed by atoms with Gasteiger partial charge in [0.2, 0.25) is 5.91 Å². The maximum absolute atomic E-state index is 12.7. The van der Waals surface area contributed by atoms with Crippen molar-refractivity contribution in [2.24, 2.45) is 0 Å². The molecular formula is C23H25F3N2O2. The first-order chi connectivity index (χ1) is 14.3. The van der Waals surface area contributed by atoms with Crippen LogP contribution >= 0.6 is 0 Å². The lowest BCUT2D eigenvalue weighted by molar-refractivity contribution is -0.137. The molecule has 0 spiro atoms. The minimum Gasteiger partial charge on any atom is -0.338 e. The normalized spacial score (nSPS) is 15.1. The summed E-state index contributed by atoms with van der Waals surface area (Å²) in [5.41, 5.74) is 0.317. The monoisotopic (exact) mass is 418 g/mol. The van der Waals surface area contributed by atoms with Crippen LogP contribution in [0.4, 0.5) is 18.9 Å². The molecule has 1 aliphatic heterocycles. The number of hydrogen-bond acceptors (Lipinski definition) is 2. The molecule has 0 saturated carbocycles. The summed E-state index contributed by atoms with van der Waals surface area (Å²) in [6, 6.07) is 13.8. The van der Waals surface area contributed by atoms with Crippen LogP contribution < -0.4 is 4.90 Å². The highest BCUT2D eigenvalue weighted by molar-refractivity contribution is 5.95. The van der Waals surface area contributed by atoms with Gasteiger partial charge in [-0.3, -0.25) is 9.59 Å². The Bertz CT molecular complexity index is 858. The molecule has 3 rings (SSSR count). The lowest BCUT2D eigenvalue weighted by Crippen LogP contribution is -2.49. The number of nitrogens with zero attached hydrogens (tertiary/aromatic N) is 2. The third-order valence-electron chi connectivity index (χ3n) is 5.34. The summed E-state index contributed by atoms with van der Waals surface area (Å²) in [4.78, 5) is 28.9. The van der Waals surface area contributed by atoms with Gasteiger partial charge in [0.25, 0.3) is 5.91 Å². The maximum atomic E-state index is 12.7. The highest BCUT2D eigenvalue weighted by Gasteiger charge is 2.32. The molecule has 0 N–H and O–H groups in total. The molecule has 0 aromatic heterocycles. The summed E-state index contributed by atoms with van der Waals surface area (Å²) in [7, 11) is 0. The smallest absolute Gasteiger partial charge is 0.338 e. The zero-order valence-corrected chi connectivity index (χ0v) is 16.9. The Kier molecular flexibility index (Phi) is 6.80. The molecule has 2 amide bonds. The fourth-order valence-electron chi connectivity index (χ4n) is 3.79. The Balaban J connectivity index is 1.68. The number of halogens is 3. The highest BCUT2D eigenvalue weighted by atomic mass is 19.4. The summed E-state index contributed by atoms with van der Waals surface area (Å²) in [5.74, 6) is -0.218. The van der Waals surface area contributed by atoms with Crippen molar-refractivity contribution >= 4 is 17.5 Å². The number of alkyl halides is 3. The van der Waals surface area contributed by atoms with E-state index in [1.165, 1.54) is 12.1 Å². The van der Waals surface area contributed by atoms with Gasteiger partial charge in [-0.05, 0) is 55.7 Å². The topological polar surface area (TPSA) is 40.6 Å². The molecule has 1 aliphatic rings. The molecule has 160 valence electrons. The molecule has 4 nitrogen and oxygen atoms in total. The highest BCUT2D eigenvalue weighted by Crippen LogP contribution is 2.30. The summed E-state index contributed by atoms with van der Waals surface area (Å²) < 4.78 is 38.2. The van der Waals surface area contributed by atoms with Crippen molar-refractivity contribution in [3.8, 4) is 0 Å². The summed E-state index contributed by atoms with van der Waals surface area (Å²) >= 11 is 0. The standard InChI is InChI=1S/C23H25F3N2O2/c1-2-6-21(29)28(19-7-4-3-5-8-19)20-13-15-27(16-14-20)22(30)17-9-11-18(12-10-17)23(24,25)26/h3-5,7-12,20H,2,6,13-16H2,1H3. The van der Waals surface area contributed by atoms with Crippen LogP contribution in [0.1, 0.15) is 48.5 Å². The Hall–Kier alpha value is -2.83. The Labute approximate surface area is 174 Å². The van der Waals surface area contributed by atoms with Crippen molar-refractivity contribution in [1.29, 1.82) is 0 Å². The van der Waals surface area contributed by atoms with E-state index < -0.39 is 11.7 Å². The van der Waals surface area contributed by atoms with Crippen LogP contribution in [-0.2, 0) is 11.0 Å². The first-order valence-electron chi connectivity index (χ1n) is 10.1. The number of likely N-dealkylation sites (tertiary alicyclic amines) is 1. The van der Waals surface area contributed by atoms with E-state index in [1.807, 2.05) is 42.2 Å². The number of hydrogen-bond donors (Lipinski definition) is 0. The molecule has 0 radical (unpaired) electrons. The van der Waals surface area contributed by atoms with E-state index >= 15 is 0 Å². The number of para-hydroxylation sites is 1. The zero-order valence-electron chi connectivity index (χ0n) is 16.9. The fourth-order valence-corrected chi connectivity index (χ4v) is 3.79. The van der Waals surface area contributed by atoms with Gasteiger partial charge in [0.05, 0.1) is 5.56 Å². The Morgan fingerprint density at radius 3 is 2.13 bits per heavy atom. The number of anilines is 1. The van der Waals surface area contributed by atoms with Crippen molar-refractivity contribution in [3.05, 3.63) is 65.7 Å². The van der Waals surface area contributed by atoms with Gasteiger partial charge >= 0.3 is 6.18 Å². The Morgan fingerprint density at radius 2 is 1.60 bits per heavy atom. The van der Waals surface area contributed by atoms with Crippen molar-refractivity contribution in [1.82, 2.24) is 4.90 Å². The largest absolute Gasteiger partial charge is 0.416 e. The zero-order chi connectivity index (χ0) is 21.7. The van der Waals surface area contributed by atoms with Gasteiger partial charge in [0.15, 0.2) is 0 Å². The molecule has 7 heteroatoms. The summed E-state index contributed by atoms with van der Waals surface area (Å²) in [5, 5.41) is 0. The van der Waals surface area contributed by atoms with Crippen LogP contribution in [0, 0.1) is 0 Å². The number of benzene rings is 2. The molecule has 1 saturated heterocycles. The van der Waals surface area contributed by atoms with Gasteiger partial charge in [-0.1, -0.05) is 25.1 Å². The van der Waals surface area contributed by atoms with E-state index in [0.717, 1.165) is 24.2 Å². The number of amides is 2. The van der Waals surface area contributed by atoms with Gasteiger partial charge in [-0.15, -0.1) is 0 Å². The third-order valence-corrected chi connectivity index (χ3v) is 5.34. The maximum Gasteiger partial charge on any atom is 0.416 e. The van der Waals surface area contributed by atoms with Crippen molar-refractivity contribution in [2.75, 3.05) is 18.0 Å². The van der Waals surface area contributed by atoms with Gasteiger partial charge < -0.3 is 9.80 Å². The molecule has 0 unspecified atom stereocenters. The first kappa shape index (κ1) is 21.9. The fraction of sp³-hybridized carbons (Fsp3) is 0.391. The molecular weight excluding hydrogens is 393 g/mol. The third kappa shape index (κ3) is 5.01. The summed E-state index contributed by atoms with van der Waals surface area (Å²) in [6.45, 7) is 2.87. The van der Waals surface area contributed by atoms with E-state index in [9.17, 15) is 22.8 Å². The van der Waals surface area contributed by atoms with E-state index in [-0.39, 0.29) is 23.4 Å². The second kappa shape index (κ2) is 9.32. The van der Waals surface area contributed by atoms with Crippen molar-refractivity contribution in [2.45, 2.75) is 44.8 Å². The van der Waals surface area contributed by atoms with E-state index in [2.05, 4.69) is 0 Å². The van der Waals surface area contributed by atoms with Crippen molar-refractivity contribution < 1.29 is 22.8 Å². The van der Waals surface area contributed by atoms with Gasteiger partial charge in [0.1, 0.15) is 0 Å². The molecule has 30 heavy (non-hydrogen) atoms. The van der Waals surface area contributed by atoms with Crippen LogP contribution in [0.2, 0.25) is 0 Å². The predicted molar refractivity (Wildman–Crippen MR) is 109 cm³/mol. The molecule has 0 atom stereocenters. The average molecular weight is 418 g/mol. The number of rotatable bonds is 5. The lowest BCUT2D eigenvalue weighted by Gasteiger charge is -2.38. The molecule has 2 aromatic carbocycles. The number of carbonyl (C=O) groups excluding carboxylic acids is 2.